The van der Waals surface area contributed by atoms with Gasteiger partial charge in [-0.15, -0.1) is 0 Å². The van der Waals surface area contributed by atoms with Gasteiger partial charge < -0.3 is 15.4 Å². The topological polar surface area (TPSA) is 55.6 Å². The molecule has 1 aliphatic rings. The molecule has 1 aromatic rings. The highest BCUT2D eigenvalue weighted by molar-refractivity contribution is 5.69. The molecule has 7 heteroatoms. The standard InChI is InChI=1S/C16H21F3N2O2/c1-23-15(22)6-5-11-7-13(20)10-21(9-11)14-4-2-3-12(8-14)16(17,18)19/h2-4,8,11,13H,5-7,9-10,20H2,1H3. The van der Waals surface area contributed by atoms with Gasteiger partial charge in [-0.05, 0) is 37.0 Å². The number of rotatable bonds is 4. The second kappa shape index (κ2) is 7.21. The Labute approximate surface area is 133 Å². The summed E-state index contributed by atoms with van der Waals surface area (Å²) in [4.78, 5) is 13.1. The molecular weight excluding hydrogens is 309 g/mol. The summed E-state index contributed by atoms with van der Waals surface area (Å²) in [5, 5.41) is 0. The predicted molar refractivity (Wildman–Crippen MR) is 81.0 cm³/mol. The minimum absolute atomic E-state index is 0.124. The highest BCUT2D eigenvalue weighted by Crippen LogP contribution is 2.33. The summed E-state index contributed by atoms with van der Waals surface area (Å²) in [6, 6.07) is 5.14. The second-order valence-corrected chi connectivity index (χ2v) is 5.93. The molecule has 1 aliphatic heterocycles. The van der Waals surface area contributed by atoms with Crippen LogP contribution in [0.15, 0.2) is 24.3 Å². The smallest absolute Gasteiger partial charge is 0.416 e. The lowest BCUT2D eigenvalue weighted by molar-refractivity contribution is -0.141. The number of hydrogen-bond donors (Lipinski definition) is 1. The third kappa shape index (κ3) is 4.86. The van der Waals surface area contributed by atoms with Crippen molar-refractivity contribution in [2.24, 2.45) is 11.7 Å². The largest absolute Gasteiger partial charge is 0.469 e. The fourth-order valence-corrected chi connectivity index (χ4v) is 2.97. The summed E-state index contributed by atoms with van der Waals surface area (Å²) in [6.07, 6.45) is -2.69. The first kappa shape index (κ1) is 17.6. The quantitative estimate of drug-likeness (QED) is 0.863. The van der Waals surface area contributed by atoms with Gasteiger partial charge in [0.2, 0.25) is 0 Å². The Bertz CT molecular complexity index is 548. The Balaban J connectivity index is 2.08. The van der Waals surface area contributed by atoms with Crippen molar-refractivity contribution >= 4 is 11.7 Å². The maximum Gasteiger partial charge on any atom is 0.416 e. The zero-order valence-corrected chi connectivity index (χ0v) is 13.0. The van der Waals surface area contributed by atoms with E-state index in [-0.39, 0.29) is 17.9 Å². The highest BCUT2D eigenvalue weighted by atomic mass is 19.4. The zero-order valence-electron chi connectivity index (χ0n) is 13.0. The predicted octanol–water partition coefficient (Wildman–Crippen LogP) is 2.81. The molecule has 1 saturated heterocycles. The number of methoxy groups -OCH3 is 1. The summed E-state index contributed by atoms with van der Waals surface area (Å²) >= 11 is 0. The monoisotopic (exact) mass is 330 g/mol. The number of alkyl halides is 3. The van der Waals surface area contributed by atoms with Gasteiger partial charge in [-0.3, -0.25) is 4.79 Å². The van der Waals surface area contributed by atoms with E-state index in [4.69, 9.17) is 5.73 Å². The summed E-state index contributed by atoms with van der Waals surface area (Å²) in [5.74, 6) is -0.123. The first-order chi connectivity index (χ1) is 10.8. The van der Waals surface area contributed by atoms with E-state index in [0.717, 1.165) is 18.6 Å². The second-order valence-electron chi connectivity index (χ2n) is 5.93. The van der Waals surface area contributed by atoms with Crippen molar-refractivity contribution in [2.45, 2.75) is 31.5 Å². The van der Waals surface area contributed by atoms with E-state index in [1.165, 1.54) is 13.2 Å². The summed E-state index contributed by atoms with van der Waals surface area (Å²) in [5.41, 5.74) is 5.88. The third-order valence-electron chi connectivity index (χ3n) is 4.09. The molecule has 0 aromatic heterocycles. The Morgan fingerprint density at radius 1 is 1.39 bits per heavy atom. The first-order valence-electron chi connectivity index (χ1n) is 7.54. The van der Waals surface area contributed by atoms with Gasteiger partial charge >= 0.3 is 12.1 Å². The summed E-state index contributed by atoms with van der Waals surface area (Å²) in [6.45, 7) is 1.10. The van der Waals surface area contributed by atoms with E-state index in [9.17, 15) is 18.0 Å². The number of carbonyl (C=O) groups is 1. The van der Waals surface area contributed by atoms with Gasteiger partial charge in [0.1, 0.15) is 0 Å². The fourth-order valence-electron chi connectivity index (χ4n) is 2.97. The van der Waals surface area contributed by atoms with Crippen LogP contribution >= 0.6 is 0 Å². The molecule has 0 spiro atoms. The van der Waals surface area contributed by atoms with E-state index in [0.29, 0.717) is 31.6 Å². The molecule has 1 heterocycles. The van der Waals surface area contributed by atoms with E-state index in [1.54, 1.807) is 6.07 Å². The van der Waals surface area contributed by atoms with Crippen molar-refractivity contribution in [3.8, 4) is 0 Å². The number of nitrogens with two attached hydrogens (primary N) is 1. The van der Waals surface area contributed by atoms with Gasteiger partial charge in [0.25, 0.3) is 0 Å². The number of anilines is 1. The van der Waals surface area contributed by atoms with Crippen LogP contribution in [-0.2, 0) is 15.7 Å². The van der Waals surface area contributed by atoms with E-state index >= 15 is 0 Å². The number of ether oxygens (including phenoxy) is 1. The Kier molecular flexibility index (Phi) is 5.51. The zero-order chi connectivity index (χ0) is 17.0. The Morgan fingerprint density at radius 3 is 2.78 bits per heavy atom. The SMILES string of the molecule is COC(=O)CCC1CC(N)CN(c2cccc(C(F)(F)F)c2)C1. The van der Waals surface area contributed by atoms with Crippen molar-refractivity contribution < 1.29 is 22.7 Å². The van der Waals surface area contributed by atoms with Gasteiger partial charge in [-0.1, -0.05) is 6.07 Å². The summed E-state index contributed by atoms with van der Waals surface area (Å²) in [7, 11) is 1.34. The van der Waals surface area contributed by atoms with E-state index < -0.39 is 11.7 Å². The van der Waals surface area contributed by atoms with Crippen molar-refractivity contribution in [1.82, 2.24) is 0 Å². The van der Waals surface area contributed by atoms with Gasteiger partial charge in [0.15, 0.2) is 0 Å². The molecule has 0 amide bonds. The van der Waals surface area contributed by atoms with E-state index in [2.05, 4.69) is 4.74 Å². The van der Waals surface area contributed by atoms with Crippen LogP contribution in [0.3, 0.4) is 0 Å². The van der Waals surface area contributed by atoms with E-state index in [1.807, 2.05) is 4.90 Å². The van der Waals surface area contributed by atoms with Crippen molar-refractivity contribution in [2.75, 3.05) is 25.1 Å². The molecule has 2 N–H and O–H groups in total. The number of benzene rings is 1. The van der Waals surface area contributed by atoms with Gasteiger partial charge in [0.05, 0.1) is 12.7 Å². The summed E-state index contributed by atoms with van der Waals surface area (Å²) < 4.78 is 43.2. The van der Waals surface area contributed by atoms with Gasteiger partial charge in [-0.25, -0.2) is 0 Å². The minimum Gasteiger partial charge on any atom is -0.469 e. The van der Waals surface area contributed by atoms with Gasteiger partial charge in [-0.2, -0.15) is 13.2 Å². The Hall–Kier alpha value is -1.76. The number of carbonyl (C=O) groups excluding carboxylic acids is 1. The maximum absolute atomic E-state index is 12.8. The molecular formula is C16H21F3N2O2. The van der Waals surface area contributed by atoms with Crippen LogP contribution in [0.5, 0.6) is 0 Å². The third-order valence-corrected chi connectivity index (χ3v) is 4.09. The molecule has 2 unspecified atom stereocenters. The molecule has 0 saturated carbocycles. The molecule has 23 heavy (non-hydrogen) atoms. The van der Waals surface area contributed by atoms with Crippen molar-refractivity contribution in [3.63, 3.8) is 0 Å². The molecule has 2 rings (SSSR count). The fraction of sp³-hybridized carbons (Fsp3) is 0.562. The molecule has 4 nitrogen and oxygen atoms in total. The number of esters is 1. The average molecular weight is 330 g/mol. The van der Waals surface area contributed by atoms with Crippen LogP contribution in [0.4, 0.5) is 18.9 Å². The van der Waals surface area contributed by atoms with Crippen LogP contribution in [0.25, 0.3) is 0 Å². The lowest BCUT2D eigenvalue weighted by Gasteiger charge is -2.38. The lowest BCUT2D eigenvalue weighted by Crippen LogP contribution is -2.47. The van der Waals surface area contributed by atoms with Crippen LogP contribution < -0.4 is 10.6 Å². The molecule has 0 bridgehead atoms. The molecule has 0 aliphatic carbocycles. The minimum atomic E-state index is -4.36. The molecule has 128 valence electrons. The molecule has 0 radical (unpaired) electrons. The van der Waals surface area contributed by atoms with Crippen LogP contribution in [0, 0.1) is 5.92 Å². The van der Waals surface area contributed by atoms with Crippen molar-refractivity contribution in [1.29, 1.82) is 0 Å². The Morgan fingerprint density at radius 2 is 2.13 bits per heavy atom. The lowest BCUT2D eigenvalue weighted by atomic mass is 9.90. The van der Waals surface area contributed by atoms with Crippen LogP contribution in [0.1, 0.15) is 24.8 Å². The molecule has 1 fully saturated rings. The highest BCUT2D eigenvalue weighted by Gasteiger charge is 2.32. The number of hydrogen-bond acceptors (Lipinski definition) is 4. The average Bonchev–Trinajstić information content (AvgIpc) is 2.51. The van der Waals surface area contributed by atoms with Gasteiger partial charge in [0, 0.05) is 31.2 Å². The number of halogens is 3. The molecule has 2 atom stereocenters. The number of nitrogens with zero attached hydrogens (tertiary/aromatic N) is 1. The normalized spacial score (nSPS) is 22.0. The van der Waals surface area contributed by atoms with Crippen LogP contribution in [-0.4, -0.2) is 32.2 Å². The van der Waals surface area contributed by atoms with Crippen molar-refractivity contribution in [3.05, 3.63) is 29.8 Å². The van der Waals surface area contributed by atoms with Crippen LogP contribution in [0.2, 0.25) is 0 Å². The molecule has 1 aromatic carbocycles. The number of piperidine rings is 1. The maximum atomic E-state index is 12.8. The first-order valence-corrected chi connectivity index (χ1v) is 7.54.